The topological polar surface area (TPSA) is 102 Å². The number of hydrogen-bond acceptors (Lipinski definition) is 5. The van der Waals surface area contributed by atoms with Crippen LogP contribution in [0.25, 0.3) is 0 Å². The van der Waals surface area contributed by atoms with Crippen molar-refractivity contribution in [2.24, 2.45) is 0 Å². The molecule has 21 heavy (non-hydrogen) atoms. The van der Waals surface area contributed by atoms with Crippen molar-refractivity contribution in [3.8, 4) is 0 Å². The maximum absolute atomic E-state index is 12.5. The lowest BCUT2D eigenvalue weighted by Gasteiger charge is -2.23. The van der Waals surface area contributed by atoms with E-state index in [2.05, 4.69) is 0 Å². The molecule has 1 aliphatic rings. The van der Waals surface area contributed by atoms with Crippen LogP contribution in [0.4, 0.5) is 4.79 Å². The number of Topliss-reactive ketones (excluding diaryl/α,β-unsaturated/α-hetero) is 1. The Bertz CT molecular complexity index is 636. The van der Waals surface area contributed by atoms with E-state index in [9.17, 15) is 14.4 Å². The summed E-state index contributed by atoms with van der Waals surface area (Å²) in [6.45, 7) is 2.58. The molecule has 1 atom stereocenters. The zero-order valence-electron chi connectivity index (χ0n) is 11.4. The van der Waals surface area contributed by atoms with Gasteiger partial charge < -0.3 is 14.6 Å². The number of carbonyl (C=O) groups excluding carboxylic acids is 2. The van der Waals surface area contributed by atoms with E-state index in [0.717, 1.165) is 6.92 Å². The molecule has 1 aromatic rings. The van der Waals surface area contributed by atoms with E-state index in [4.69, 9.17) is 14.6 Å². The monoisotopic (exact) mass is 291 g/mol. The first-order valence-corrected chi connectivity index (χ1v) is 6.06. The highest BCUT2D eigenvalue weighted by Crippen LogP contribution is 2.38. The van der Waals surface area contributed by atoms with E-state index < -0.39 is 35.1 Å². The second-order valence-corrected chi connectivity index (χ2v) is 4.51. The Balaban J connectivity index is 2.42. The smallest absolute Gasteiger partial charge is 0.411 e. The highest BCUT2D eigenvalue weighted by molar-refractivity contribution is 6.04. The first-order chi connectivity index (χ1) is 9.84. The van der Waals surface area contributed by atoms with Crippen LogP contribution in [0.5, 0.6) is 0 Å². The predicted octanol–water partition coefficient (Wildman–Crippen LogP) is 1.50. The molecule has 7 heteroatoms. The lowest BCUT2D eigenvalue weighted by molar-refractivity contribution is -0.142. The second kappa shape index (κ2) is 5.28. The number of benzene rings is 1. The van der Waals surface area contributed by atoms with Crippen LogP contribution in [-0.4, -0.2) is 23.0 Å². The molecule has 1 heterocycles. The molecule has 1 aliphatic heterocycles. The molecule has 0 radical (unpaired) electrons. The number of ether oxygens (including phenoxy) is 2. The molecule has 0 aromatic heterocycles. The van der Waals surface area contributed by atoms with E-state index in [1.54, 1.807) is 30.3 Å². The molecule has 0 saturated carbocycles. The van der Waals surface area contributed by atoms with E-state index in [-0.39, 0.29) is 0 Å². The summed E-state index contributed by atoms with van der Waals surface area (Å²) in [5.74, 6) is -2.22. The molecule has 1 aromatic carbocycles. The van der Waals surface area contributed by atoms with Crippen molar-refractivity contribution in [2.45, 2.75) is 19.4 Å². The maximum atomic E-state index is 12.5. The van der Waals surface area contributed by atoms with E-state index in [0.29, 0.717) is 5.56 Å². The predicted molar refractivity (Wildman–Crippen MR) is 69.8 cm³/mol. The molecule has 2 N–H and O–H groups in total. The first-order valence-electron chi connectivity index (χ1n) is 6.06. The number of hydrogen-bond donors (Lipinski definition) is 2. The minimum absolute atomic E-state index is 0.394. The van der Waals surface area contributed by atoms with Crippen LogP contribution in [0.15, 0.2) is 42.0 Å². The van der Waals surface area contributed by atoms with Crippen molar-refractivity contribution in [1.82, 2.24) is 5.32 Å². The van der Waals surface area contributed by atoms with Gasteiger partial charge >= 0.3 is 12.1 Å². The van der Waals surface area contributed by atoms with Gasteiger partial charge in [-0.15, -0.1) is 0 Å². The minimum atomic E-state index is -1.45. The third kappa shape index (κ3) is 2.71. The van der Waals surface area contributed by atoms with Crippen molar-refractivity contribution in [3.63, 3.8) is 0 Å². The Kier molecular flexibility index (Phi) is 3.66. The van der Waals surface area contributed by atoms with Crippen LogP contribution in [0, 0.1) is 0 Å². The van der Waals surface area contributed by atoms with Gasteiger partial charge in [0.25, 0.3) is 5.78 Å². The average Bonchev–Trinajstić information content (AvgIpc) is 2.64. The average molecular weight is 291 g/mol. The van der Waals surface area contributed by atoms with Crippen LogP contribution in [0.3, 0.4) is 0 Å². The number of nitrogens with one attached hydrogen (secondary N) is 1. The molecule has 0 spiro atoms. The fraction of sp³-hybridized carbons (Fsp3) is 0.214. The Hall–Kier alpha value is -2.83. The fourth-order valence-electron chi connectivity index (χ4n) is 1.98. The Morgan fingerprint density at radius 1 is 1.29 bits per heavy atom. The van der Waals surface area contributed by atoms with Crippen LogP contribution < -0.4 is 5.32 Å². The first kappa shape index (κ1) is 14.6. The van der Waals surface area contributed by atoms with Crippen molar-refractivity contribution in [2.75, 3.05) is 0 Å². The third-order valence-electron chi connectivity index (χ3n) is 2.94. The van der Waals surface area contributed by atoms with Crippen molar-refractivity contribution in [3.05, 3.63) is 47.5 Å². The molecule has 0 saturated heterocycles. The largest absolute Gasteiger partial charge is 0.465 e. The minimum Gasteiger partial charge on any atom is -0.465 e. The molecule has 0 bridgehead atoms. The summed E-state index contributed by atoms with van der Waals surface area (Å²) in [6.07, 6.45) is -1.43. The highest BCUT2D eigenvalue weighted by atomic mass is 16.6. The number of esters is 1. The molecular weight excluding hydrogens is 278 g/mol. The van der Waals surface area contributed by atoms with Gasteiger partial charge in [-0.25, -0.2) is 4.79 Å². The van der Waals surface area contributed by atoms with Gasteiger partial charge in [-0.1, -0.05) is 30.3 Å². The molecule has 1 unspecified atom stereocenters. The van der Waals surface area contributed by atoms with Crippen LogP contribution in [-0.2, 0) is 24.7 Å². The standard InChI is InChI=1S/C14H13NO6/c1-8(16)20-10-11(17)14(2,9-6-4-3-5-7-9)21-12(10)15-13(18)19/h3-7,15H,1-2H3,(H,18,19). The SMILES string of the molecule is CC(=O)OC1=C(NC(=O)O)OC(C)(c2ccccc2)C1=O. The van der Waals surface area contributed by atoms with Gasteiger partial charge in [-0.3, -0.25) is 14.9 Å². The zero-order valence-corrected chi connectivity index (χ0v) is 11.4. The number of ketones is 1. The van der Waals surface area contributed by atoms with Crippen LogP contribution >= 0.6 is 0 Å². The maximum Gasteiger partial charge on any atom is 0.411 e. The van der Waals surface area contributed by atoms with Gasteiger partial charge in [-0.2, -0.15) is 0 Å². The Morgan fingerprint density at radius 2 is 1.90 bits per heavy atom. The summed E-state index contributed by atoms with van der Waals surface area (Å²) in [5.41, 5.74) is -0.939. The molecule has 0 fully saturated rings. The van der Waals surface area contributed by atoms with Crippen molar-refractivity contribution >= 4 is 17.8 Å². The molecule has 1 amide bonds. The number of carboxylic acid groups (broad SMARTS) is 1. The van der Waals surface area contributed by atoms with Gasteiger partial charge in [0, 0.05) is 12.5 Å². The summed E-state index contributed by atoms with van der Waals surface area (Å²) >= 11 is 0. The van der Waals surface area contributed by atoms with E-state index >= 15 is 0 Å². The van der Waals surface area contributed by atoms with E-state index in [1.165, 1.54) is 6.92 Å². The summed E-state index contributed by atoms with van der Waals surface area (Å²) in [6, 6.07) is 8.51. The lowest BCUT2D eigenvalue weighted by atomic mass is 9.92. The quantitative estimate of drug-likeness (QED) is 0.818. The highest BCUT2D eigenvalue weighted by Gasteiger charge is 2.49. The molecular formula is C14H13NO6. The van der Waals surface area contributed by atoms with Gasteiger partial charge in [0.1, 0.15) is 0 Å². The zero-order chi connectivity index (χ0) is 15.6. The van der Waals surface area contributed by atoms with Gasteiger partial charge in [0.2, 0.25) is 11.6 Å². The third-order valence-corrected chi connectivity index (χ3v) is 2.94. The molecule has 0 aliphatic carbocycles. The van der Waals surface area contributed by atoms with Crippen LogP contribution in [0.1, 0.15) is 19.4 Å². The fourth-order valence-corrected chi connectivity index (χ4v) is 1.98. The number of carbonyl (C=O) groups is 3. The lowest BCUT2D eigenvalue weighted by Crippen LogP contribution is -2.32. The van der Waals surface area contributed by atoms with Crippen molar-refractivity contribution in [1.29, 1.82) is 0 Å². The Labute approximate surface area is 120 Å². The van der Waals surface area contributed by atoms with Gasteiger partial charge in [0.05, 0.1) is 0 Å². The summed E-state index contributed by atoms with van der Waals surface area (Å²) in [7, 11) is 0. The number of amides is 1. The van der Waals surface area contributed by atoms with Crippen molar-refractivity contribution < 1.29 is 29.0 Å². The summed E-state index contributed by atoms with van der Waals surface area (Å²) in [4.78, 5) is 34.3. The van der Waals surface area contributed by atoms with Gasteiger partial charge in [0.15, 0.2) is 5.60 Å². The molecule has 7 nitrogen and oxygen atoms in total. The van der Waals surface area contributed by atoms with Gasteiger partial charge in [-0.05, 0) is 6.92 Å². The summed E-state index contributed by atoms with van der Waals surface area (Å²) in [5, 5.41) is 10.7. The van der Waals surface area contributed by atoms with E-state index in [1.807, 2.05) is 5.32 Å². The second-order valence-electron chi connectivity index (χ2n) is 4.51. The molecule has 110 valence electrons. The summed E-state index contributed by atoms with van der Waals surface area (Å²) < 4.78 is 10.2. The normalized spacial score (nSPS) is 21.0. The number of rotatable bonds is 3. The molecule has 2 rings (SSSR count). The van der Waals surface area contributed by atoms with Crippen LogP contribution in [0.2, 0.25) is 0 Å². The Morgan fingerprint density at radius 3 is 2.43 bits per heavy atom.